The van der Waals surface area contributed by atoms with Gasteiger partial charge in [-0.3, -0.25) is 0 Å². The number of benzene rings is 1. The van der Waals surface area contributed by atoms with Crippen molar-refractivity contribution >= 4 is 11.1 Å². The average Bonchev–Trinajstić information content (AvgIpc) is 2.57. The number of oxazole rings is 1. The summed E-state index contributed by atoms with van der Waals surface area (Å²) >= 11 is 0. The number of hydrogen-bond donors (Lipinski definition) is 1. The van der Waals surface area contributed by atoms with E-state index in [9.17, 15) is 0 Å². The molecule has 2 aromatic rings. The predicted molar refractivity (Wildman–Crippen MR) is 65.5 cm³/mol. The van der Waals surface area contributed by atoms with Crippen LogP contribution in [0, 0.1) is 13.8 Å². The van der Waals surface area contributed by atoms with Gasteiger partial charge in [0.2, 0.25) is 0 Å². The number of fused-ring (bicyclic) bond motifs is 1. The van der Waals surface area contributed by atoms with E-state index in [1.54, 1.807) is 0 Å². The quantitative estimate of drug-likeness (QED) is 0.861. The zero-order chi connectivity index (χ0) is 11.7. The van der Waals surface area contributed by atoms with Gasteiger partial charge in [-0.05, 0) is 44.4 Å². The SMILES string of the molecule is Cc1cc(C)c2oc(CCC(C)N)nc2c1. The van der Waals surface area contributed by atoms with Crippen molar-refractivity contribution in [1.82, 2.24) is 4.98 Å². The molecule has 2 N–H and O–H groups in total. The summed E-state index contributed by atoms with van der Waals surface area (Å²) in [5.74, 6) is 0.793. The normalized spacial score (nSPS) is 13.2. The van der Waals surface area contributed by atoms with E-state index in [2.05, 4.69) is 31.0 Å². The number of aryl methyl sites for hydroxylation is 3. The van der Waals surface area contributed by atoms with E-state index in [-0.39, 0.29) is 6.04 Å². The van der Waals surface area contributed by atoms with Gasteiger partial charge in [-0.15, -0.1) is 0 Å². The minimum absolute atomic E-state index is 0.192. The lowest BCUT2D eigenvalue weighted by molar-refractivity contribution is 0.503. The van der Waals surface area contributed by atoms with Gasteiger partial charge < -0.3 is 10.2 Å². The number of aromatic nitrogens is 1. The fraction of sp³-hybridized carbons (Fsp3) is 0.462. The molecular formula is C13H18N2O. The Kier molecular flexibility index (Phi) is 2.97. The minimum atomic E-state index is 0.192. The van der Waals surface area contributed by atoms with E-state index >= 15 is 0 Å². The van der Waals surface area contributed by atoms with Crippen LogP contribution in [0.2, 0.25) is 0 Å². The van der Waals surface area contributed by atoms with Gasteiger partial charge in [-0.1, -0.05) is 6.07 Å². The molecule has 1 aromatic heterocycles. The Labute approximate surface area is 95.7 Å². The van der Waals surface area contributed by atoms with Gasteiger partial charge in [-0.25, -0.2) is 4.98 Å². The van der Waals surface area contributed by atoms with Crippen molar-refractivity contribution in [1.29, 1.82) is 0 Å². The molecule has 1 aromatic carbocycles. The number of nitrogens with zero attached hydrogens (tertiary/aromatic N) is 1. The molecular weight excluding hydrogens is 200 g/mol. The van der Waals surface area contributed by atoms with Gasteiger partial charge in [0.25, 0.3) is 0 Å². The molecule has 1 atom stereocenters. The Morgan fingerprint density at radius 2 is 2.12 bits per heavy atom. The molecule has 1 unspecified atom stereocenters. The Morgan fingerprint density at radius 1 is 1.38 bits per heavy atom. The van der Waals surface area contributed by atoms with Crippen LogP contribution in [0.4, 0.5) is 0 Å². The first-order chi connectivity index (χ1) is 7.56. The molecule has 0 saturated carbocycles. The number of nitrogens with two attached hydrogens (primary N) is 1. The molecule has 0 bridgehead atoms. The first-order valence-corrected chi connectivity index (χ1v) is 5.68. The van der Waals surface area contributed by atoms with Crippen molar-refractivity contribution in [2.75, 3.05) is 0 Å². The number of hydrogen-bond acceptors (Lipinski definition) is 3. The zero-order valence-electron chi connectivity index (χ0n) is 10.1. The fourth-order valence-electron chi connectivity index (χ4n) is 1.88. The molecule has 0 radical (unpaired) electrons. The van der Waals surface area contributed by atoms with E-state index in [1.807, 2.05) is 6.92 Å². The highest BCUT2D eigenvalue weighted by molar-refractivity contribution is 5.77. The maximum Gasteiger partial charge on any atom is 0.195 e. The van der Waals surface area contributed by atoms with Crippen LogP contribution in [-0.4, -0.2) is 11.0 Å². The van der Waals surface area contributed by atoms with E-state index < -0.39 is 0 Å². The van der Waals surface area contributed by atoms with Crippen LogP contribution in [0.3, 0.4) is 0 Å². The molecule has 0 saturated heterocycles. The average molecular weight is 218 g/mol. The molecule has 0 aliphatic rings. The third-order valence-corrected chi connectivity index (χ3v) is 2.68. The van der Waals surface area contributed by atoms with Gasteiger partial charge in [-0.2, -0.15) is 0 Å². The summed E-state index contributed by atoms with van der Waals surface area (Å²) in [6, 6.07) is 4.36. The Hall–Kier alpha value is -1.35. The highest BCUT2D eigenvalue weighted by Crippen LogP contribution is 2.22. The smallest absolute Gasteiger partial charge is 0.195 e. The fourth-order valence-corrected chi connectivity index (χ4v) is 1.88. The summed E-state index contributed by atoms with van der Waals surface area (Å²) in [7, 11) is 0. The third-order valence-electron chi connectivity index (χ3n) is 2.68. The van der Waals surface area contributed by atoms with Gasteiger partial charge in [0.15, 0.2) is 11.5 Å². The summed E-state index contributed by atoms with van der Waals surface area (Å²) < 4.78 is 5.74. The lowest BCUT2D eigenvalue weighted by Crippen LogP contribution is -2.15. The molecule has 0 fully saturated rings. The second kappa shape index (κ2) is 4.26. The predicted octanol–water partition coefficient (Wildman–Crippen LogP) is 2.72. The minimum Gasteiger partial charge on any atom is -0.440 e. The maximum absolute atomic E-state index is 5.74. The molecule has 0 spiro atoms. The van der Waals surface area contributed by atoms with Crippen molar-refractivity contribution in [3.63, 3.8) is 0 Å². The monoisotopic (exact) mass is 218 g/mol. The van der Waals surface area contributed by atoms with Crippen LogP contribution in [-0.2, 0) is 6.42 Å². The van der Waals surface area contributed by atoms with Crippen LogP contribution in [0.15, 0.2) is 16.5 Å². The van der Waals surface area contributed by atoms with Crippen molar-refractivity contribution in [3.8, 4) is 0 Å². The molecule has 0 aliphatic carbocycles. The van der Waals surface area contributed by atoms with Crippen molar-refractivity contribution in [2.24, 2.45) is 5.73 Å². The summed E-state index contributed by atoms with van der Waals surface area (Å²) in [4.78, 5) is 4.48. The van der Waals surface area contributed by atoms with E-state index in [0.29, 0.717) is 0 Å². The van der Waals surface area contributed by atoms with Crippen LogP contribution >= 0.6 is 0 Å². The van der Waals surface area contributed by atoms with Gasteiger partial charge in [0.1, 0.15) is 5.52 Å². The van der Waals surface area contributed by atoms with Crippen molar-refractivity contribution in [2.45, 2.75) is 39.7 Å². The Bertz CT molecular complexity index is 500. The summed E-state index contributed by atoms with van der Waals surface area (Å²) in [6.45, 7) is 6.12. The van der Waals surface area contributed by atoms with Crippen LogP contribution in [0.1, 0.15) is 30.4 Å². The summed E-state index contributed by atoms with van der Waals surface area (Å²) in [5, 5.41) is 0. The lowest BCUT2D eigenvalue weighted by Gasteiger charge is -1.99. The molecule has 3 nitrogen and oxygen atoms in total. The van der Waals surface area contributed by atoms with E-state index in [1.165, 1.54) is 5.56 Å². The van der Waals surface area contributed by atoms with Gasteiger partial charge in [0, 0.05) is 12.5 Å². The second-order valence-electron chi connectivity index (χ2n) is 4.55. The topological polar surface area (TPSA) is 52.0 Å². The highest BCUT2D eigenvalue weighted by atomic mass is 16.3. The lowest BCUT2D eigenvalue weighted by atomic mass is 10.1. The largest absolute Gasteiger partial charge is 0.440 e. The van der Waals surface area contributed by atoms with Gasteiger partial charge >= 0.3 is 0 Å². The van der Waals surface area contributed by atoms with Gasteiger partial charge in [0.05, 0.1) is 0 Å². The molecule has 16 heavy (non-hydrogen) atoms. The molecule has 3 heteroatoms. The highest BCUT2D eigenvalue weighted by Gasteiger charge is 2.09. The van der Waals surface area contributed by atoms with E-state index in [0.717, 1.165) is 35.4 Å². The second-order valence-corrected chi connectivity index (χ2v) is 4.55. The molecule has 0 aliphatic heterocycles. The maximum atomic E-state index is 5.74. The van der Waals surface area contributed by atoms with E-state index in [4.69, 9.17) is 10.2 Å². The van der Waals surface area contributed by atoms with Crippen LogP contribution in [0.5, 0.6) is 0 Å². The van der Waals surface area contributed by atoms with Crippen molar-refractivity contribution < 1.29 is 4.42 Å². The zero-order valence-corrected chi connectivity index (χ0v) is 10.1. The molecule has 0 amide bonds. The molecule has 1 heterocycles. The number of rotatable bonds is 3. The Morgan fingerprint density at radius 3 is 2.81 bits per heavy atom. The molecule has 2 rings (SSSR count). The van der Waals surface area contributed by atoms with Crippen LogP contribution < -0.4 is 5.73 Å². The molecule has 86 valence electrons. The summed E-state index contributed by atoms with van der Waals surface area (Å²) in [6.07, 6.45) is 1.72. The first-order valence-electron chi connectivity index (χ1n) is 5.68. The van der Waals surface area contributed by atoms with Crippen LogP contribution in [0.25, 0.3) is 11.1 Å². The first kappa shape index (κ1) is 11.1. The van der Waals surface area contributed by atoms with Crippen molar-refractivity contribution in [3.05, 3.63) is 29.2 Å². The standard InChI is InChI=1S/C13H18N2O/c1-8-6-9(2)13-11(7-8)15-12(16-13)5-4-10(3)14/h6-7,10H,4-5,14H2,1-3H3. The Balaban J connectivity index is 2.33. The third kappa shape index (κ3) is 2.25. The summed E-state index contributed by atoms with van der Waals surface area (Å²) in [5.41, 5.74) is 9.95.